The summed E-state index contributed by atoms with van der Waals surface area (Å²) in [7, 11) is 0. The lowest BCUT2D eigenvalue weighted by Gasteiger charge is -2.08. The second-order valence-corrected chi connectivity index (χ2v) is 9.39. The van der Waals surface area contributed by atoms with E-state index >= 15 is 0 Å². The van der Waals surface area contributed by atoms with Crippen LogP contribution in [0.1, 0.15) is 5.56 Å². The summed E-state index contributed by atoms with van der Waals surface area (Å²) in [4.78, 5) is 9.51. The van der Waals surface area contributed by atoms with Crippen molar-refractivity contribution in [2.75, 3.05) is 0 Å². The van der Waals surface area contributed by atoms with E-state index in [1.165, 1.54) is 35.8 Å². The molecular formula is C30H19FN2O2S. The van der Waals surface area contributed by atoms with Gasteiger partial charge in [0.25, 0.3) is 0 Å². The van der Waals surface area contributed by atoms with E-state index in [-0.39, 0.29) is 17.1 Å². The predicted molar refractivity (Wildman–Crippen MR) is 145 cm³/mol. The van der Waals surface area contributed by atoms with Crippen LogP contribution in [-0.4, -0.2) is 21.4 Å². The van der Waals surface area contributed by atoms with Crippen LogP contribution in [-0.2, 0) is 0 Å². The van der Waals surface area contributed by atoms with Gasteiger partial charge in [-0.25, -0.2) is 9.37 Å². The van der Waals surface area contributed by atoms with E-state index in [4.69, 9.17) is 4.98 Å². The lowest BCUT2D eigenvalue weighted by molar-refractivity contribution is 0.472. The molecule has 0 saturated carbocycles. The average molecular weight is 491 g/mol. The molecule has 0 radical (unpaired) electrons. The van der Waals surface area contributed by atoms with Gasteiger partial charge in [0.2, 0.25) is 0 Å². The summed E-state index contributed by atoms with van der Waals surface area (Å²) in [6, 6.07) is 29.0. The van der Waals surface area contributed by atoms with E-state index in [1.807, 2.05) is 48.5 Å². The van der Waals surface area contributed by atoms with Crippen molar-refractivity contribution in [3.63, 3.8) is 0 Å². The van der Waals surface area contributed by atoms with E-state index in [2.05, 4.69) is 23.2 Å². The SMILES string of the molecule is Oc1cc(-c2cccc3ccccc23)c2nc(-c3ccccc3N=Cc3cc(F)ccc3O)sc2c1. The van der Waals surface area contributed by atoms with Gasteiger partial charge in [-0.05, 0) is 58.8 Å². The smallest absolute Gasteiger partial charge is 0.126 e. The van der Waals surface area contributed by atoms with Gasteiger partial charge in [-0.15, -0.1) is 11.3 Å². The molecule has 6 rings (SSSR count). The third-order valence-corrected chi connectivity index (χ3v) is 7.06. The molecule has 4 nitrogen and oxygen atoms in total. The highest BCUT2D eigenvalue weighted by Crippen LogP contribution is 2.42. The van der Waals surface area contributed by atoms with Crippen molar-refractivity contribution in [1.82, 2.24) is 4.98 Å². The normalized spacial score (nSPS) is 11.6. The number of aliphatic imine (C=N–C) groups is 1. The summed E-state index contributed by atoms with van der Waals surface area (Å²) in [6.07, 6.45) is 1.44. The molecule has 1 heterocycles. The van der Waals surface area contributed by atoms with Gasteiger partial charge in [-0.1, -0.05) is 54.6 Å². The van der Waals surface area contributed by atoms with Gasteiger partial charge in [0.05, 0.1) is 15.9 Å². The number of hydrogen-bond acceptors (Lipinski definition) is 5. The molecule has 0 aliphatic rings. The second-order valence-electron chi connectivity index (χ2n) is 8.36. The Bertz CT molecular complexity index is 1790. The standard InChI is InChI=1S/C30H19FN2O2S/c31-20-12-13-27(35)19(14-20)17-32-26-11-4-3-9-24(26)30-33-29-25(15-21(34)16-28(29)36-30)23-10-5-7-18-6-1-2-8-22(18)23/h1-17,34-35H. The minimum atomic E-state index is -0.450. The van der Waals surface area contributed by atoms with Gasteiger partial charge in [-0.3, -0.25) is 4.99 Å². The number of aromatic hydroxyl groups is 2. The zero-order valence-corrected chi connectivity index (χ0v) is 19.7. The maximum atomic E-state index is 13.6. The van der Waals surface area contributed by atoms with Gasteiger partial charge >= 0.3 is 0 Å². The van der Waals surface area contributed by atoms with Crippen LogP contribution in [0.2, 0.25) is 0 Å². The second kappa shape index (κ2) is 8.91. The number of thiazole rings is 1. The molecule has 6 heteroatoms. The van der Waals surface area contributed by atoms with Crippen molar-refractivity contribution in [2.24, 2.45) is 4.99 Å². The number of rotatable bonds is 4. The molecular weight excluding hydrogens is 471 g/mol. The number of aromatic nitrogens is 1. The summed E-state index contributed by atoms with van der Waals surface area (Å²) in [5.74, 6) is -0.323. The molecule has 0 saturated heterocycles. The zero-order valence-electron chi connectivity index (χ0n) is 18.9. The third-order valence-electron chi connectivity index (χ3n) is 6.03. The Kier molecular flexibility index (Phi) is 5.43. The summed E-state index contributed by atoms with van der Waals surface area (Å²) >= 11 is 1.47. The maximum absolute atomic E-state index is 13.6. The van der Waals surface area contributed by atoms with E-state index in [0.29, 0.717) is 5.69 Å². The topological polar surface area (TPSA) is 65.7 Å². The number of nitrogens with zero attached hydrogens (tertiary/aromatic N) is 2. The fraction of sp³-hybridized carbons (Fsp3) is 0. The highest BCUT2D eigenvalue weighted by Gasteiger charge is 2.16. The first kappa shape index (κ1) is 21.9. The molecule has 2 N–H and O–H groups in total. The first-order valence-electron chi connectivity index (χ1n) is 11.3. The molecule has 0 bridgehead atoms. The number of para-hydroxylation sites is 1. The van der Waals surface area contributed by atoms with E-state index < -0.39 is 5.82 Å². The van der Waals surface area contributed by atoms with Crippen molar-refractivity contribution in [2.45, 2.75) is 0 Å². The monoisotopic (exact) mass is 490 g/mol. The minimum absolute atomic E-state index is 0.0483. The molecule has 0 amide bonds. The highest BCUT2D eigenvalue weighted by molar-refractivity contribution is 7.21. The predicted octanol–water partition coefficient (Wildman–Crippen LogP) is 8.08. The molecule has 0 aliphatic carbocycles. The first-order chi connectivity index (χ1) is 17.6. The van der Waals surface area contributed by atoms with Gasteiger partial charge in [0.1, 0.15) is 22.3 Å². The van der Waals surface area contributed by atoms with E-state index in [9.17, 15) is 14.6 Å². The van der Waals surface area contributed by atoms with Gasteiger partial charge < -0.3 is 10.2 Å². The number of halogens is 1. The van der Waals surface area contributed by atoms with Crippen LogP contribution < -0.4 is 0 Å². The van der Waals surface area contributed by atoms with Gasteiger partial charge in [0.15, 0.2) is 0 Å². The quantitative estimate of drug-likeness (QED) is 0.246. The van der Waals surface area contributed by atoms with Crippen LogP contribution >= 0.6 is 11.3 Å². The Morgan fingerprint density at radius 3 is 2.47 bits per heavy atom. The Hall–Kier alpha value is -4.55. The molecule has 0 atom stereocenters. The fourth-order valence-electron chi connectivity index (χ4n) is 4.33. The summed E-state index contributed by atoms with van der Waals surface area (Å²) < 4.78 is 14.5. The number of phenols is 2. The fourth-order valence-corrected chi connectivity index (χ4v) is 5.39. The number of phenolic OH excluding ortho intramolecular Hbond substituents is 2. The largest absolute Gasteiger partial charge is 0.508 e. The Morgan fingerprint density at radius 2 is 1.56 bits per heavy atom. The van der Waals surface area contributed by atoms with Crippen molar-refractivity contribution in [3.05, 3.63) is 108 Å². The lowest BCUT2D eigenvalue weighted by atomic mass is 9.97. The van der Waals surface area contributed by atoms with E-state index in [0.717, 1.165) is 42.7 Å². The highest BCUT2D eigenvalue weighted by atomic mass is 32.1. The van der Waals surface area contributed by atoms with Crippen LogP contribution in [0.5, 0.6) is 11.5 Å². The lowest BCUT2D eigenvalue weighted by Crippen LogP contribution is -1.86. The summed E-state index contributed by atoms with van der Waals surface area (Å²) in [6.45, 7) is 0. The molecule has 36 heavy (non-hydrogen) atoms. The van der Waals surface area contributed by atoms with Crippen molar-refractivity contribution >= 4 is 44.2 Å². The Morgan fingerprint density at radius 1 is 0.778 bits per heavy atom. The van der Waals surface area contributed by atoms with Crippen molar-refractivity contribution < 1.29 is 14.6 Å². The van der Waals surface area contributed by atoms with Crippen LogP contribution in [0.3, 0.4) is 0 Å². The van der Waals surface area contributed by atoms with Gasteiger partial charge in [-0.2, -0.15) is 0 Å². The summed E-state index contributed by atoms with van der Waals surface area (Å²) in [5.41, 5.74) is 4.38. The third kappa shape index (κ3) is 3.97. The number of hydrogen-bond donors (Lipinski definition) is 2. The van der Waals surface area contributed by atoms with Crippen molar-refractivity contribution in [3.8, 4) is 33.2 Å². The molecule has 174 valence electrons. The number of benzene rings is 5. The maximum Gasteiger partial charge on any atom is 0.126 e. The molecule has 5 aromatic carbocycles. The summed E-state index contributed by atoms with van der Waals surface area (Å²) in [5, 5.41) is 23.5. The van der Waals surface area contributed by atoms with Crippen LogP contribution in [0, 0.1) is 5.82 Å². The Balaban J connectivity index is 1.49. The van der Waals surface area contributed by atoms with Crippen LogP contribution in [0.25, 0.3) is 42.7 Å². The Labute approximate surface area is 210 Å². The van der Waals surface area contributed by atoms with Crippen molar-refractivity contribution in [1.29, 1.82) is 0 Å². The average Bonchev–Trinajstić information content (AvgIpc) is 3.32. The molecule has 1 aromatic heterocycles. The van der Waals surface area contributed by atoms with Gasteiger partial charge in [0, 0.05) is 22.9 Å². The first-order valence-corrected chi connectivity index (χ1v) is 12.1. The molecule has 0 spiro atoms. The minimum Gasteiger partial charge on any atom is -0.508 e. The van der Waals surface area contributed by atoms with Crippen LogP contribution in [0.15, 0.2) is 102 Å². The molecule has 0 unspecified atom stereocenters. The van der Waals surface area contributed by atoms with Crippen LogP contribution in [0.4, 0.5) is 10.1 Å². The molecule has 0 fully saturated rings. The zero-order chi connectivity index (χ0) is 24.6. The van der Waals surface area contributed by atoms with E-state index in [1.54, 1.807) is 12.1 Å². The molecule has 6 aromatic rings. The molecule has 0 aliphatic heterocycles. The number of fused-ring (bicyclic) bond motifs is 2.